The van der Waals surface area contributed by atoms with Crippen molar-refractivity contribution in [2.24, 2.45) is 0 Å². The number of fused-ring (bicyclic) bond motifs is 2. The summed E-state index contributed by atoms with van der Waals surface area (Å²) in [7, 11) is 0. The molecule has 1 amide bonds. The number of carbonyl (C=O) groups is 2. The van der Waals surface area contributed by atoms with E-state index in [1.807, 2.05) is 0 Å². The Morgan fingerprint density at radius 2 is 2.27 bits per heavy atom. The number of aromatic nitrogens is 3. The fraction of sp³-hybridized carbons (Fsp3) is 0.429. The van der Waals surface area contributed by atoms with E-state index in [9.17, 15) is 9.59 Å². The number of hydrogen-bond donors (Lipinski definition) is 1. The average molecular weight is 318 g/mol. The Balaban J connectivity index is 1.54. The van der Waals surface area contributed by atoms with Crippen LogP contribution in [0.15, 0.2) is 6.07 Å². The quantitative estimate of drug-likeness (QED) is 0.914. The molecule has 0 bridgehead atoms. The maximum absolute atomic E-state index is 12.3. The third kappa shape index (κ3) is 2.29. The van der Waals surface area contributed by atoms with Crippen molar-refractivity contribution in [3.63, 3.8) is 0 Å². The van der Waals surface area contributed by atoms with Gasteiger partial charge in [-0.3, -0.25) is 14.9 Å². The van der Waals surface area contributed by atoms with E-state index >= 15 is 0 Å². The second-order valence-corrected chi connectivity index (χ2v) is 6.32. The van der Waals surface area contributed by atoms with E-state index < -0.39 is 0 Å². The number of nitrogens with zero attached hydrogens (tertiary/aromatic N) is 3. The molecule has 0 unspecified atom stereocenters. The molecule has 2 aromatic rings. The Bertz CT molecular complexity index is 741. The predicted octanol–water partition coefficient (Wildman–Crippen LogP) is 1.89. The molecule has 114 valence electrons. The van der Waals surface area contributed by atoms with Crippen molar-refractivity contribution in [2.75, 3.05) is 11.9 Å². The highest BCUT2D eigenvalue weighted by Crippen LogP contribution is 2.30. The number of ether oxygens (including phenoxy) is 1. The second-order valence-electron chi connectivity index (χ2n) is 5.32. The lowest BCUT2D eigenvalue weighted by Crippen LogP contribution is -2.16. The van der Waals surface area contributed by atoms with Gasteiger partial charge in [-0.05, 0) is 12.8 Å². The summed E-state index contributed by atoms with van der Waals surface area (Å²) >= 11 is 1.24. The molecule has 2 aromatic heterocycles. The topological polar surface area (TPSA) is 86.1 Å². The van der Waals surface area contributed by atoms with Crippen molar-refractivity contribution >= 4 is 28.2 Å². The summed E-state index contributed by atoms with van der Waals surface area (Å²) in [4.78, 5) is 29.1. The highest BCUT2D eigenvalue weighted by Gasteiger charge is 2.24. The molecule has 1 N–H and O–H groups in total. The van der Waals surface area contributed by atoms with E-state index in [2.05, 4.69) is 15.4 Å². The highest BCUT2D eigenvalue weighted by atomic mass is 32.1. The van der Waals surface area contributed by atoms with Crippen LogP contribution in [-0.2, 0) is 13.0 Å². The van der Waals surface area contributed by atoms with Gasteiger partial charge in [0.15, 0.2) is 16.6 Å². The highest BCUT2D eigenvalue weighted by molar-refractivity contribution is 7.17. The zero-order valence-corrected chi connectivity index (χ0v) is 12.6. The summed E-state index contributed by atoms with van der Waals surface area (Å²) in [5.41, 5.74) is 1.10. The molecule has 8 heteroatoms. The Morgan fingerprint density at radius 3 is 3.09 bits per heavy atom. The minimum Gasteiger partial charge on any atom is -0.478 e. The second kappa shape index (κ2) is 5.20. The van der Waals surface area contributed by atoms with E-state index in [0.29, 0.717) is 34.6 Å². The van der Waals surface area contributed by atoms with Crippen molar-refractivity contribution < 1.29 is 14.3 Å². The van der Waals surface area contributed by atoms with Crippen molar-refractivity contribution in [3.05, 3.63) is 22.3 Å². The third-order valence-electron chi connectivity index (χ3n) is 3.73. The molecule has 7 nitrogen and oxygen atoms in total. The molecule has 3 heterocycles. The van der Waals surface area contributed by atoms with E-state index in [1.165, 1.54) is 11.3 Å². The molecule has 0 radical (unpaired) electrons. The number of rotatable bonds is 2. The van der Waals surface area contributed by atoms with Gasteiger partial charge in [0.25, 0.3) is 5.91 Å². The number of nitrogens with one attached hydrogen (secondary N) is 1. The van der Waals surface area contributed by atoms with Gasteiger partial charge in [0, 0.05) is 25.5 Å². The molecule has 0 saturated carbocycles. The van der Waals surface area contributed by atoms with Crippen LogP contribution < -0.4 is 10.1 Å². The summed E-state index contributed by atoms with van der Waals surface area (Å²) < 4.78 is 7.14. The summed E-state index contributed by atoms with van der Waals surface area (Å²) in [6.07, 6.45) is 3.07. The zero-order chi connectivity index (χ0) is 15.1. The van der Waals surface area contributed by atoms with Crippen LogP contribution in [0.5, 0.6) is 5.88 Å². The van der Waals surface area contributed by atoms with Crippen molar-refractivity contribution in [1.29, 1.82) is 0 Å². The standard InChI is InChI=1S/C14H14N4O3S/c19-10-4-1-3-8-12(10)22-14(15-8)16-13(20)9-7-11-18(17-9)5-2-6-21-11/h7H,1-6H2,(H,15,16,20). The summed E-state index contributed by atoms with van der Waals surface area (Å²) in [6, 6.07) is 1.63. The van der Waals surface area contributed by atoms with Gasteiger partial charge in [0.2, 0.25) is 5.88 Å². The van der Waals surface area contributed by atoms with E-state index in [1.54, 1.807) is 10.7 Å². The lowest BCUT2D eigenvalue weighted by atomic mass is 10.0. The van der Waals surface area contributed by atoms with Gasteiger partial charge in [-0.15, -0.1) is 0 Å². The smallest absolute Gasteiger partial charge is 0.278 e. The average Bonchev–Trinajstić information content (AvgIpc) is 3.11. The van der Waals surface area contributed by atoms with Gasteiger partial charge in [-0.25, -0.2) is 9.67 Å². The number of hydrogen-bond acceptors (Lipinski definition) is 6. The van der Waals surface area contributed by atoms with Gasteiger partial charge in [0.05, 0.1) is 17.2 Å². The molecule has 0 atom stereocenters. The first-order valence-electron chi connectivity index (χ1n) is 7.25. The van der Waals surface area contributed by atoms with E-state index in [4.69, 9.17) is 4.74 Å². The molecular formula is C14H14N4O3S. The first-order chi connectivity index (χ1) is 10.7. The van der Waals surface area contributed by atoms with Crippen molar-refractivity contribution in [3.8, 4) is 5.88 Å². The number of Topliss-reactive ketones (excluding diaryl/α,β-unsaturated/α-hetero) is 1. The number of amides is 1. The molecule has 2 aliphatic rings. The molecule has 1 aliphatic carbocycles. The lowest BCUT2D eigenvalue weighted by molar-refractivity contribution is 0.0975. The first-order valence-corrected chi connectivity index (χ1v) is 8.07. The number of thiazole rings is 1. The van der Waals surface area contributed by atoms with Crippen molar-refractivity contribution in [1.82, 2.24) is 14.8 Å². The summed E-state index contributed by atoms with van der Waals surface area (Å²) in [6.45, 7) is 1.40. The summed E-state index contributed by atoms with van der Waals surface area (Å²) in [5.74, 6) is 0.402. The maximum Gasteiger partial charge on any atom is 0.278 e. The number of ketones is 1. The SMILES string of the molecule is O=C(Nc1nc2c(s1)C(=O)CCC2)c1cc2n(n1)CCCO2. The van der Waals surface area contributed by atoms with Gasteiger partial charge in [-0.2, -0.15) is 5.10 Å². The van der Waals surface area contributed by atoms with Crippen LogP contribution in [0.4, 0.5) is 5.13 Å². The molecule has 4 rings (SSSR count). The molecule has 0 aromatic carbocycles. The monoisotopic (exact) mass is 318 g/mol. The normalized spacial score (nSPS) is 16.6. The van der Waals surface area contributed by atoms with Gasteiger partial charge >= 0.3 is 0 Å². The molecule has 22 heavy (non-hydrogen) atoms. The zero-order valence-electron chi connectivity index (χ0n) is 11.8. The third-order valence-corrected chi connectivity index (χ3v) is 4.78. The molecule has 0 saturated heterocycles. The number of anilines is 1. The van der Waals surface area contributed by atoms with Crippen LogP contribution in [0.2, 0.25) is 0 Å². The van der Waals surface area contributed by atoms with Gasteiger partial charge in [-0.1, -0.05) is 11.3 Å². The minimum absolute atomic E-state index is 0.116. The van der Waals surface area contributed by atoms with Gasteiger partial charge in [0.1, 0.15) is 0 Å². The fourth-order valence-corrected chi connectivity index (χ4v) is 3.64. The number of aryl methyl sites for hydroxylation is 2. The Labute approximate surface area is 130 Å². The van der Waals surface area contributed by atoms with Crippen LogP contribution in [0.1, 0.15) is 45.1 Å². The Hall–Kier alpha value is -2.22. The van der Waals surface area contributed by atoms with Crippen LogP contribution >= 0.6 is 11.3 Å². The fourth-order valence-electron chi connectivity index (χ4n) is 2.66. The minimum atomic E-state index is -0.330. The van der Waals surface area contributed by atoms with E-state index in [0.717, 1.165) is 31.5 Å². The number of carbonyl (C=O) groups excluding carboxylic acids is 2. The lowest BCUT2D eigenvalue weighted by Gasteiger charge is -2.13. The van der Waals surface area contributed by atoms with Gasteiger partial charge < -0.3 is 4.74 Å². The van der Waals surface area contributed by atoms with Crippen LogP contribution in [0.25, 0.3) is 0 Å². The Morgan fingerprint density at radius 1 is 1.36 bits per heavy atom. The van der Waals surface area contributed by atoms with Crippen LogP contribution in [-0.4, -0.2) is 33.1 Å². The molecule has 0 fully saturated rings. The maximum atomic E-state index is 12.3. The summed E-state index contributed by atoms with van der Waals surface area (Å²) in [5, 5.41) is 7.42. The predicted molar refractivity (Wildman–Crippen MR) is 79.7 cm³/mol. The van der Waals surface area contributed by atoms with Crippen LogP contribution in [0.3, 0.4) is 0 Å². The Kier molecular flexibility index (Phi) is 3.18. The largest absolute Gasteiger partial charge is 0.478 e. The molecule has 0 spiro atoms. The molecular weight excluding hydrogens is 304 g/mol. The van der Waals surface area contributed by atoms with Crippen LogP contribution in [0, 0.1) is 0 Å². The van der Waals surface area contributed by atoms with E-state index in [-0.39, 0.29) is 11.7 Å². The first kappa shape index (κ1) is 13.4. The molecule has 1 aliphatic heterocycles. The van der Waals surface area contributed by atoms with Crippen molar-refractivity contribution in [2.45, 2.75) is 32.2 Å².